The Kier molecular flexibility index (Phi) is 4.12. The average Bonchev–Trinajstić information content (AvgIpc) is 2.57. The number of hydrogen-bond acceptors (Lipinski definition) is 4. The molecule has 23 heavy (non-hydrogen) atoms. The topological polar surface area (TPSA) is 61.2 Å². The molecule has 3 rings (SSSR count). The van der Waals surface area contributed by atoms with E-state index in [-0.39, 0.29) is 17.9 Å². The van der Waals surface area contributed by atoms with Crippen LogP contribution in [0.3, 0.4) is 0 Å². The van der Waals surface area contributed by atoms with Crippen LogP contribution in [-0.4, -0.2) is 15.7 Å². The van der Waals surface area contributed by atoms with Gasteiger partial charge in [0.05, 0.1) is 5.39 Å². The van der Waals surface area contributed by atoms with Crippen molar-refractivity contribution < 1.29 is 9.53 Å². The van der Waals surface area contributed by atoms with Crippen LogP contribution in [0.4, 0.5) is 0 Å². The van der Waals surface area contributed by atoms with E-state index in [2.05, 4.69) is 5.10 Å². The lowest BCUT2D eigenvalue weighted by Crippen LogP contribution is -2.23. The molecular formula is C17H13ClN2O3. The van der Waals surface area contributed by atoms with Gasteiger partial charge in [0.2, 0.25) is 0 Å². The van der Waals surface area contributed by atoms with Gasteiger partial charge < -0.3 is 4.74 Å². The Bertz CT molecular complexity index is 950. The molecule has 0 aliphatic rings. The molecule has 0 amide bonds. The minimum absolute atomic E-state index is 0.0390. The molecule has 0 aliphatic carbocycles. The maximum absolute atomic E-state index is 12.4. The lowest BCUT2D eigenvalue weighted by Gasteiger charge is -2.09. The van der Waals surface area contributed by atoms with Gasteiger partial charge in [-0.3, -0.25) is 4.79 Å². The van der Waals surface area contributed by atoms with Gasteiger partial charge >= 0.3 is 5.97 Å². The number of carbonyl (C=O) groups excluding carboxylic acids is 1. The van der Waals surface area contributed by atoms with Crippen LogP contribution >= 0.6 is 11.6 Å². The van der Waals surface area contributed by atoms with Crippen molar-refractivity contribution in [2.24, 2.45) is 7.05 Å². The summed E-state index contributed by atoms with van der Waals surface area (Å²) in [7, 11) is 1.50. The van der Waals surface area contributed by atoms with Crippen molar-refractivity contribution in [3.05, 3.63) is 75.2 Å². The molecule has 0 radical (unpaired) electrons. The van der Waals surface area contributed by atoms with Crippen LogP contribution in [0.1, 0.15) is 16.1 Å². The molecule has 0 spiro atoms. The van der Waals surface area contributed by atoms with Crippen LogP contribution in [0, 0.1) is 0 Å². The number of nitrogens with zero attached hydrogens (tertiary/aromatic N) is 2. The Balaban J connectivity index is 1.94. The summed E-state index contributed by atoms with van der Waals surface area (Å²) in [5.74, 6) is -0.600. The van der Waals surface area contributed by atoms with Crippen molar-refractivity contribution in [2.45, 2.75) is 6.61 Å². The lowest BCUT2D eigenvalue weighted by molar-refractivity contribution is 0.0466. The van der Waals surface area contributed by atoms with Gasteiger partial charge in [-0.2, -0.15) is 5.10 Å². The second kappa shape index (κ2) is 6.22. The first-order valence-electron chi connectivity index (χ1n) is 6.94. The largest absolute Gasteiger partial charge is 0.456 e. The van der Waals surface area contributed by atoms with Crippen molar-refractivity contribution in [3.8, 4) is 0 Å². The summed E-state index contributed by atoms with van der Waals surface area (Å²) < 4.78 is 6.43. The molecule has 0 saturated carbocycles. The number of rotatable bonds is 3. The zero-order valence-electron chi connectivity index (χ0n) is 12.3. The van der Waals surface area contributed by atoms with Crippen LogP contribution in [0.25, 0.3) is 10.8 Å². The summed E-state index contributed by atoms with van der Waals surface area (Å²) in [5, 5.41) is 5.46. The van der Waals surface area contributed by atoms with E-state index in [1.165, 1.54) is 7.05 Å². The maximum atomic E-state index is 12.4. The minimum atomic E-state index is -0.600. The first kappa shape index (κ1) is 15.2. The fraction of sp³-hybridized carbons (Fsp3) is 0.118. The number of carbonyl (C=O) groups is 1. The summed E-state index contributed by atoms with van der Waals surface area (Å²) in [6, 6.07) is 13.9. The molecule has 0 unspecified atom stereocenters. The summed E-state index contributed by atoms with van der Waals surface area (Å²) in [6.45, 7) is 0.0390. The van der Waals surface area contributed by atoms with Crippen molar-refractivity contribution in [1.82, 2.24) is 9.78 Å². The molecule has 116 valence electrons. The number of fused-ring (bicyclic) bond motifs is 1. The first-order valence-corrected chi connectivity index (χ1v) is 7.32. The molecule has 1 aromatic heterocycles. The SMILES string of the molecule is Cn1nc(C(=O)OCc2ccccc2Cl)c2ccccc2c1=O. The minimum Gasteiger partial charge on any atom is -0.456 e. The summed E-state index contributed by atoms with van der Waals surface area (Å²) in [6.07, 6.45) is 0. The van der Waals surface area contributed by atoms with Crippen LogP contribution in [0.5, 0.6) is 0 Å². The summed E-state index contributed by atoms with van der Waals surface area (Å²) >= 11 is 6.04. The quantitative estimate of drug-likeness (QED) is 0.693. The number of ether oxygens (including phenoxy) is 1. The van der Waals surface area contributed by atoms with Crippen molar-refractivity contribution in [1.29, 1.82) is 0 Å². The highest BCUT2D eigenvalue weighted by Crippen LogP contribution is 2.18. The second-order valence-corrected chi connectivity index (χ2v) is 5.40. The van der Waals surface area contributed by atoms with Gasteiger partial charge in [0, 0.05) is 23.0 Å². The van der Waals surface area contributed by atoms with E-state index in [9.17, 15) is 9.59 Å². The van der Waals surface area contributed by atoms with Crippen molar-refractivity contribution in [3.63, 3.8) is 0 Å². The standard InChI is InChI=1S/C17H13ClN2O3/c1-20-16(21)13-8-4-3-7-12(13)15(19-20)17(22)23-10-11-6-2-5-9-14(11)18/h2-9H,10H2,1H3. The third kappa shape index (κ3) is 2.96. The van der Waals surface area contributed by atoms with E-state index in [0.29, 0.717) is 21.4 Å². The highest BCUT2D eigenvalue weighted by Gasteiger charge is 2.17. The highest BCUT2D eigenvalue weighted by atomic mass is 35.5. The van der Waals surface area contributed by atoms with E-state index in [1.54, 1.807) is 42.5 Å². The molecule has 0 N–H and O–H groups in total. The predicted molar refractivity (Wildman–Crippen MR) is 87.6 cm³/mol. The van der Waals surface area contributed by atoms with Crippen LogP contribution in [0.15, 0.2) is 53.3 Å². The normalized spacial score (nSPS) is 10.7. The summed E-state index contributed by atoms with van der Waals surface area (Å²) in [4.78, 5) is 24.4. The second-order valence-electron chi connectivity index (χ2n) is 4.99. The molecule has 6 heteroatoms. The third-order valence-electron chi connectivity index (χ3n) is 3.47. The lowest BCUT2D eigenvalue weighted by atomic mass is 10.1. The van der Waals surface area contributed by atoms with Gasteiger partial charge in [-0.05, 0) is 12.1 Å². The van der Waals surface area contributed by atoms with Gasteiger partial charge in [0.1, 0.15) is 6.61 Å². The van der Waals surface area contributed by atoms with E-state index >= 15 is 0 Å². The van der Waals surface area contributed by atoms with Gasteiger partial charge in [0.25, 0.3) is 5.56 Å². The number of halogens is 1. The predicted octanol–water partition coefficient (Wildman–Crippen LogP) is 2.94. The zero-order valence-corrected chi connectivity index (χ0v) is 13.1. The Morgan fingerprint density at radius 1 is 1.13 bits per heavy atom. The van der Waals surface area contributed by atoms with Gasteiger partial charge in [-0.15, -0.1) is 0 Å². The molecule has 0 saturated heterocycles. The number of benzene rings is 2. The van der Waals surface area contributed by atoms with Crippen molar-refractivity contribution >= 4 is 28.3 Å². The Morgan fingerprint density at radius 3 is 2.52 bits per heavy atom. The van der Waals surface area contributed by atoms with Crippen LogP contribution < -0.4 is 5.56 Å². The fourth-order valence-electron chi connectivity index (χ4n) is 2.28. The molecule has 0 fully saturated rings. The highest BCUT2D eigenvalue weighted by molar-refractivity contribution is 6.31. The maximum Gasteiger partial charge on any atom is 0.359 e. The van der Waals surface area contributed by atoms with Crippen molar-refractivity contribution in [2.75, 3.05) is 0 Å². The van der Waals surface area contributed by atoms with E-state index < -0.39 is 5.97 Å². The smallest absolute Gasteiger partial charge is 0.359 e. The van der Waals surface area contributed by atoms with E-state index in [1.807, 2.05) is 6.07 Å². The zero-order chi connectivity index (χ0) is 16.4. The monoisotopic (exact) mass is 328 g/mol. The first-order chi connectivity index (χ1) is 11.1. The van der Waals surface area contributed by atoms with Gasteiger partial charge in [-0.1, -0.05) is 48.0 Å². The number of hydrogen-bond donors (Lipinski definition) is 0. The Hall–Kier alpha value is -2.66. The molecule has 0 aliphatic heterocycles. The third-order valence-corrected chi connectivity index (χ3v) is 3.84. The molecule has 3 aromatic rings. The fourth-order valence-corrected chi connectivity index (χ4v) is 2.47. The summed E-state index contributed by atoms with van der Waals surface area (Å²) in [5.41, 5.74) is 0.551. The average molecular weight is 329 g/mol. The van der Waals surface area contributed by atoms with E-state index in [4.69, 9.17) is 16.3 Å². The number of aromatic nitrogens is 2. The molecule has 0 atom stereocenters. The van der Waals surface area contributed by atoms with Crippen LogP contribution in [0.2, 0.25) is 5.02 Å². The number of esters is 1. The van der Waals surface area contributed by atoms with Gasteiger partial charge in [0.15, 0.2) is 5.69 Å². The molecule has 0 bridgehead atoms. The molecule has 1 heterocycles. The van der Waals surface area contributed by atoms with E-state index in [0.717, 1.165) is 4.68 Å². The number of aryl methyl sites for hydroxylation is 1. The molecular weight excluding hydrogens is 316 g/mol. The Labute approximate surface area is 137 Å². The molecule has 5 nitrogen and oxygen atoms in total. The Morgan fingerprint density at radius 2 is 1.78 bits per heavy atom. The van der Waals surface area contributed by atoms with Gasteiger partial charge in [-0.25, -0.2) is 9.48 Å². The molecule has 2 aromatic carbocycles. The van der Waals surface area contributed by atoms with Crippen LogP contribution in [-0.2, 0) is 18.4 Å².